The molecule has 1 aromatic carbocycles. The highest BCUT2D eigenvalue weighted by Gasteiger charge is 2.25. The number of benzene rings is 1. The lowest BCUT2D eigenvalue weighted by atomic mass is 10.2. The molecule has 2 amide bonds. The summed E-state index contributed by atoms with van der Waals surface area (Å²) in [7, 11) is 1.34. The summed E-state index contributed by atoms with van der Waals surface area (Å²) in [5.74, 6) is -1.73. The average Bonchev–Trinajstić information content (AvgIpc) is 2.57. The Labute approximate surface area is 148 Å². The lowest BCUT2D eigenvalue weighted by Crippen LogP contribution is -2.48. The van der Waals surface area contributed by atoms with E-state index in [9.17, 15) is 22.8 Å². The van der Waals surface area contributed by atoms with Crippen LogP contribution < -0.4 is 16.0 Å². The molecule has 0 unspecified atom stereocenters. The van der Waals surface area contributed by atoms with Gasteiger partial charge >= 0.3 is 0 Å². The van der Waals surface area contributed by atoms with Gasteiger partial charge in [0.25, 0.3) is 12.3 Å². The molecule has 3 N–H and O–H groups in total. The molecule has 1 aliphatic heterocycles. The number of carbonyl (C=O) groups excluding carboxylic acids is 2. The van der Waals surface area contributed by atoms with E-state index in [0.717, 1.165) is 11.0 Å². The minimum absolute atomic E-state index is 0.0746. The fourth-order valence-electron chi connectivity index (χ4n) is 2.61. The molecule has 1 aromatic rings. The Morgan fingerprint density at radius 2 is 2.19 bits per heavy atom. The maximum absolute atomic E-state index is 14.3. The number of hydrogen-bond donors (Lipinski definition) is 2. The van der Waals surface area contributed by atoms with Crippen molar-refractivity contribution in [2.24, 2.45) is 5.73 Å². The molecule has 2 rings (SSSR count). The van der Waals surface area contributed by atoms with Gasteiger partial charge in [0.2, 0.25) is 5.91 Å². The molecule has 0 radical (unpaired) electrons. The van der Waals surface area contributed by atoms with E-state index in [4.69, 9.17) is 10.5 Å². The van der Waals surface area contributed by atoms with Gasteiger partial charge in [-0.1, -0.05) is 0 Å². The molecule has 0 bridgehead atoms. The quantitative estimate of drug-likeness (QED) is 0.732. The summed E-state index contributed by atoms with van der Waals surface area (Å²) in [5.41, 5.74) is 5.71. The predicted octanol–water partition coefficient (Wildman–Crippen LogP) is 0.652. The van der Waals surface area contributed by atoms with E-state index in [1.165, 1.54) is 24.1 Å². The van der Waals surface area contributed by atoms with Crippen LogP contribution in [0.2, 0.25) is 0 Å². The molecule has 0 aromatic heterocycles. The van der Waals surface area contributed by atoms with Crippen LogP contribution in [0.15, 0.2) is 18.2 Å². The Kier molecular flexibility index (Phi) is 6.95. The highest BCUT2D eigenvalue weighted by Crippen LogP contribution is 2.23. The molecular weight excluding hydrogens is 353 g/mol. The summed E-state index contributed by atoms with van der Waals surface area (Å²) in [6.07, 6.45) is -2.62. The second-order valence-electron chi connectivity index (χ2n) is 5.83. The molecule has 1 saturated heterocycles. The molecule has 0 spiro atoms. The van der Waals surface area contributed by atoms with Gasteiger partial charge in [-0.2, -0.15) is 0 Å². The minimum Gasteiger partial charge on any atom is -0.370 e. The lowest BCUT2D eigenvalue weighted by molar-refractivity contribution is -0.125. The third-order valence-corrected chi connectivity index (χ3v) is 3.99. The van der Waals surface area contributed by atoms with Crippen LogP contribution in [0.25, 0.3) is 0 Å². The van der Waals surface area contributed by atoms with Gasteiger partial charge in [-0.15, -0.1) is 0 Å². The van der Waals surface area contributed by atoms with Crippen LogP contribution in [0.5, 0.6) is 0 Å². The van der Waals surface area contributed by atoms with Crippen molar-refractivity contribution in [2.45, 2.75) is 12.5 Å². The van der Waals surface area contributed by atoms with E-state index in [1.807, 2.05) is 0 Å². The summed E-state index contributed by atoms with van der Waals surface area (Å²) in [6.45, 7) is -0.250. The summed E-state index contributed by atoms with van der Waals surface area (Å²) >= 11 is 0. The summed E-state index contributed by atoms with van der Waals surface area (Å²) < 4.78 is 44.3. The van der Waals surface area contributed by atoms with Crippen LogP contribution in [-0.2, 0) is 14.3 Å². The SMILES string of the molecule is CN(CC(F)F)[C@@H](CN)C(=O)Nc1ccc(N2CCOCC2=O)cc1F. The third kappa shape index (κ3) is 4.93. The second kappa shape index (κ2) is 8.97. The number of carbonyl (C=O) groups is 2. The molecule has 7 nitrogen and oxygen atoms in total. The number of halogens is 3. The molecule has 1 heterocycles. The van der Waals surface area contributed by atoms with Crippen LogP contribution in [0.3, 0.4) is 0 Å². The number of anilines is 2. The second-order valence-corrected chi connectivity index (χ2v) is 5.83. The summed E-state index contributed by atoms with van der Waals surface area (Å²) in [4.78, 5) is 26.5. The van der Waals surface area contributed by atoms with E-state index >= 15 is 0 Å². The monoisotopic (exact) mass is 374 g/mol. The topological polar surface area (TPSA) is 87.9 Å². The Bertz CT molecular complexity index is 660. The number of amides is 2. The zero-order valence-electron chi connectivity index (χ0n) is 14.3. The smallest absolute Gasteiger partial charge is 0.253 e. The van der Waals surface area contributed by atoms with Crippen molar-refractivity contribution in [3.8, 4) is 0 Å². The van der Waals surface area contributed by atoms with E-state index < -0.39 is 30.7 Å². The maximum Gasteiger partial charge on any atom is 0.253 e. The first-order valence-electron chi connectivity index (χ1n) is 8.00. The highest BCUT2D eigenvalue weighted by atomic mass is 19.3. The van der Waals surface area contributed by atoms with Crippen LogP contribution in [0.1, 0.15) is 0 Å². The Hall–Kier alpha value is -2.17. The van der Waals surface area contributed by atoms with E-state index in [-0.39, 0.29) is 24.7 Å². The first-order chi connectivity index (χ1) is 12.3. The standard InChI is InChI=1S/C16H21F3N4O3/c1-22(8-14(18)19)13(7-20)16(25)21-12-3-2-10(6-11(12)17)23-4-5-26-9-15(23)24/h2-3,6,13-14H,4-5,7-9,20H2,1H3,(H,21,25)/t13-/m0/s1. The average molecular weight is 374 g/mol. The molecule has 10 heteroatoms. The van der Waals surface area contributed by atoms with Gasteiger partial charge in [0.05, 0.1) is 18.8 Å². The molecule has 0 aliphatic carbocycles. The van der Waals surface area contributed by atoms with Crippen molar-refractivity contribution in [2.75, 3.05) is 50.1 Å². The zero-order chi connectivity index (χ0) is 19.3. The van der Waals surface area contributed by atoms with Crippen LogP contribution in [0, 0.1) is 5.82 Å². The molecule has 1 aliphatic rings. The number of nitrogens with zero attached hydrogens (tertiary/aromatic N) is 2. The van der Waals surface area contributed by atoms with Gasteiger partial charge in [0, 0.05) is 18.8 Å². The van der Waals surface area contributed by atoms with Crippen molar-refractivity contribution >= 4 is 23.2 Å². The van der Waals surface area contributed by atoms with Crippen LogP contribution in [-0.4, -0.2) is 69.1 Å². The predicted molar refractivity (Wildman–Crippen MR) is 89.7 cm³/mol. The zero-order valence-corrected chi connectivity index (χ0v) is 14.3. The summed E-state index contributed by atoms with van der Waals surface area (Å²) in [6, 6.07) is 2.90. The van der Waals surface area contributed by atoms with E-state index in [0.29, 0.717) is 18.8 Å². The molecule has 26 heavy (non-hydrogen) atoms. The summed E-state index contributed by atoms with van der Waals surface area (Å²) in [5, 5.41) is 2.35. The van der Waals surface area contributed by atoms with Gasteiger partial charge in [-0.05, 0) is 25.2 Å². The van der Waals surface area contributed by atoms with Crippen molar-refractivity contribution in [3.63, 3.8) is 0 Å². The minimum atomic E-state index is -2.62. The number of nitrogens with two attached hydrogens (primary N) is 1. The van der Waals surface area contributed by atoms with Crippen molar-refractivity contribution in [1.29, 1.82) is 0 Å². The molecular formula is C16H21F3N4O3. The fourth-order valence-corrected chi connectivity index (χ4v) is 2.61. The van der Waals surface area contributed by atoms with Crippen LogP contribution in [0.4, 0.5) is 24.5 Å². The van der Waals surface area contributed by atoms with Crippen molar-refractivity contribution < 1.29 is 27.5 Å². The van der Waals surface area contributed by atoms with Gasteiger partial charge in [-0.3, -0.25) is 14.5 Å². The maximum atomic E-state index is 14.3. The lowest BCUT2D eigenvalue weighted by Gasteiger charge is -2.27. The van der Waals surface area contributed by atoms with Crippen molar-refractivity contribution in [3.05, 3.63) is 24.0 Å². The highest BCUT2D eigenvalue weighted by molar-refractivity contribution is 5.97. The number of ether oxygens (including phenoxy) is 1. The van der Waals surface area contributed by atoms with Gasteiger partial charge in [-0.25, -0.2) is 13.2 Å². The number of alkyl halides is 2. The number of nitrogens with one attached hydrogen (secondary N) is 1. The largest absolute Gasteiger partial charge is 0.370 e. The number of morpholine rings is 1. The van der Waals surface area contributed by atoms with E-state index in [1.54, 1.807) is 0 Å². The Morgan fingerprint density at radius 1 is 1.46 bits per heavy atom. The van der Waals surface area contributed by atoms with Gasteiger partial charge in [0.1, 0.15) is 18.5 Å². The Balaban J connectivity index is 2.09. The van der Waals surface area contributed by atoms with Crippen LogP contribution >= 0.6 is 0 Å². The Morgan fingerprint density at radius 3 is 2.77 bits per heavy atom. The first kappa shape index (κ1) is 20.1. The normalized spacial score (nSPS) is 16.3. The molecule has 1 atom stereocenters. The molecule has 0 saturated carbocycles. The van der Waals surface area contributed by atoms with Gasteiger partial charge < -0.3 is 20.7 Å². The number of hydrogen-bond acceptors (Lipinski definition) is 5. The van der Waals surface area contributed by atoms with E-state index in [2.05, 4.69) is 5.32 Å². The van der Waals surface area contributed by atoms with Gasteiger partial charge in [0.15, 0.2) is 0 Å². The molecule has 144 valence electrons. The molecule has 1 fully saturated rings. The number of likely N-dealkylation sites (N-methyl/N-ethyl adjacent to an activating group) is 1. The van der Waals surface area contributed by atoms with Crippen molar-refractivity contribution in [1.82, 2.24) is 4.90 Å². The first-order valence-corrected chi connectivity index (χ1v) is 8.00. The third-order valence-electron chi connectivity index (χ3n) is 3.99. The number of rotatable bonds is 7. The fraction of sp³-hybridized carbons (Fsp3) is 0.500.